The molecule has 1 fully saturated rings. The first-order valence-electron chi connectivity index (χ1n) is 9.96. The largest absolute Gasteiger partial charge is 0.506 e. The van der Waals surface area contributed by atoms with Crippen molar-refractivity contribution in [3.05, 3.63) is 51.0 Å². The minimum Gasteiger partial charge on any atom is -0.506 e. The van der Waals surface area contributed by atoms with E-state index in [0.29, 0.717) is 17.8 Å². The average molecular weight is 512 g/mol. The molecular weight excluding hydrogens is 488 g/mol. The first kappa shape index (κ1) is 23.4. The van der Waals surface area contributed by atoms with Crippen LogP contribution in [0.4, 0.5) is 5.69 Å². The van der Waals surface area contributed by atoms with E-state index in [9.17, 15) is 14.7 Å². The zero-order valence-electron chi connectivity index (χ0n) is 17.1. The summed E-state index contributed by atoms with van der Waals surface area (Å²) >= 11 is 9.35. The number of halogens is 2. The summed E-state index contributed by atoms with van der Waals surface area (Å²) in [5, 5.41) is 13.5. The highest BCUT2D eigenvalue weighted by Gasteiger charge is 2.18. The van der Waals surface area contributed by atoms with Gasteiger partial charge in [-0.2, -0.15) is 0 Å². The number of carbonyl (C=O) groups is 2. The third-order valence-electron chi connectivity index (χ3n) is 4.88. The number of nitrogens with zero attached hydrogens (tertiary/aromatic N) is 1. The molecule has 0 saturated carbocycles. The number of carbonyl (C=O) groups excluding carboxylic acids is 2. The third kappa shape index (κ3) is 6.59. The molecule has 0 aromatic heterocycles. The highest BCUT2D eigenvalue weighted by Crippen LogP contribution is 2.32. The lowest BCUT2D eigenvalue weighted by molar-refractivity contribution is -0.131. The Morgan fingerprint density at radius 2 is 1.97 bits per heavy atom. The fourth-order valence-electron chi connectivity index (χ4n) is 3.34. The summed E-state index contributed by atoms with van der Waals surface area (Å²) in [6.07, 6.45) is 2.34. The molecule has 1 saturated heterocycles. The van der Waals surface area contributed by atoms with E-state index in [0.717, 1.165) is 17.6 Å². The minimum atomic E-state index is -0.543. The van der Waals surface area contributed by atoms with Gasteiger partial charge in [0.25, 0.3) is 0 Å². The summed E-state index contributed by atoms with van der Waals surface area (Å²) in [7, 11) is 0. The lowest BCUT2D eigenvalue weighted by Gasteiger charge is -2.16. The Labute approximate surface area is 194 Å². The number of benzene rings is 2. The smallest absolute Gasteiger partial charge is 0.341 e. The highest BCUT2D eigenvalue weighted by atomic mass is 79.9. The van der Waals surface area contributed by atoms with E-state index in [1.165, 1.54) is 19.8 Å². The van der Waals surface area contributed by atoms with Gasteiger partial charge in [0.15, 0.2) is 0 Å². The summed E-state index contributed by atoms with van der Waals surface area (Å²) in [6.45, 7) is 4.55. The van der Waals surface area contributed by atoms with Crippen molar-refractivity contribution in [2.45, 2.75) is 26.3 Å². The lowest BCUT2D eigenvalue weighted by atomic mass is 10.1. The fraction of sp³-hybridized carbons (Fsp3) is 0.364. The van der Waals surface area contributed by atoms with Crippen LogP contribution in [0.25, 0.3) is 0 Å². The standard InChI is InChI=1S/C22H24BrClN2O5/c1-14(27)31-20-12-17(25-13-15-10-16(23)11-19(24)21(15)28)4-5-18(20)22(29)30-9-8-26-6-2-3-7-26/h4-5,10-12,25,28H,2-3,6-9,13H2,1H3. The average Bonchev–Trinajstić information content (AvgIpc) is 3.22. The quantitative estimate of drug-likeness (QED) is 0.396. The molecule has 1 aliphatic heterocycles. The Morgan fingerprint density at radius 1 is 1.23 bits per heavy atom. The van der Waals surface area contributed by atoms with Crippen LogP contribution in [0.15, 0.2) is 34.8 Å². The molecule has 1 heterocycles. The summed E-state index contributed by atoms with van der Waals surface area (Å²) < 4.78 is 11.3. The Morgan fingerprint density at radius 3 is 2.68 bits per heavy atom. The number of hydrogen-bond donors (Lipinski definition) is 2. The molecule has 0 atom stereocenters. The van der Waals surface area contributed by atoms with Crippen LogP contribution in [0, 0.1) is 0 Å². The van der Waals surface area contributed by atoms with Crippen LogP contribution in [0.1, 0.15) is 35.7 Å². The number of phenols is 1. The maximum absolute atomic E-state index is 12.5. The van der Waals surface area contributed by atoms with Crippen LogP contribution in [-0.4, -0.2) is 48.2 Å². The molecule has 2 aromatic carbocycles. The molecule has 3 rings (SSSR count). The van der Waals surface area contributed by atoms with E-state index < -0.39 is 11.9 Å². The molecule has 0 aliphatic carbocycles. The first-order chi connectivity index (χ1) is 14.8. The van der Waals surface area contributed by atoms with Crippen molar-refractivity contribution >= 4 is 45.2 Å². The monoisotopic (exact) mass is 510 g/mol. The summed E-state index contributed by atoms with van der Waals surface area (Å²) in [5.41, 5.74) is 1.36. The number of anilines is 1. The van der Waals surface area contributed by atoms with Gasteiger partial charge in [-0.05, 0) is 50.2 Å². The first-order valence-corrected chi connectivity index (χ1v) is 11.1. The zero-order valence-corrected chi connectivity index (χ0v) is 19.5. The molecule has 166 valence electrons. The van der Waals surface area contributed by atoms with Crippen molar-refractivity contribution in [3.63, 3.8) is 0 Å². The number of likely N-dealkylation sites (tertiary alicyclic amines) is 1. The maximum atomic E-state index is 12.5. The number of phenolic OH excluding ortho intramolecular Hbond substituents is 1. The second-order valence-electron chi connectivity index (χ2n) is 7.24. The van der Waals surface area contributed by atoms with Gasteiger partial charge in [0.05, 0.1) is 5.02 Å². The summed E-state index contributed by atoms with van der Waals surface area (Å²) in [5.74, 6) is -0.992. The predicted octanol–water partition coefficient (Wildman–Crippen LogP) is 4.60. The molecule has 9 heteroatoms. The van der Waals surface area contributed by atoms with Gasteiger partial charge in [-0.1, -0.05) is 27.5 Å². The minimum absolute atomic E-state index is 0.0178. The topological polar surface area (TPSA) is 88.1 Å². The molecule has 2 N–H and O–H groups in total. The molecule has 0 spiro atoms. The lowest BCUT2D eigenvalue weighted by Crippen LogP contribution is -2.25. The Kier molecular flexibility index (Phi) is 8.17. The third-order valence-corrected chi connectivity index (χ3v) is 5.63. The molecule has 0 radical (unpaired) electrons. The van der Waals surface area contributed by atoms with Gasteiger partial charge >= 0.3 is 11.9 Å². The van der Waals surface area contributed by atoms with Crippen LogP contribution in [0.2, 0.25) is 5.02 Å². The normalized spacial score (nSPS) is 13.8. The van der Waals surface area contributed by atoms with Crippen LogP contribution >= 0.6 is 27.5 Å². The van der Waals surface area contributed by atoms with E-state index in [1.54, 1.807) is 30.3 Å². The van der Waals surface area contributed by atoms with Crippen molar-refractivity contribution in [1.82, 2.24) is 4.90 Å². The van der Waals surface area contributed by atoms with Gasteiger partial charge < -0.3 is 19.9 Å². The second-order valence-corrected chi connectivity index (χ2v) is 8.56. The van der Waals surface area contributed by atoms with Gasteiger partial charge in [-0.3, -0.25) is 9.69 Å². The SMILES string of the molecule is CC(=O)Oc1cc(NCc2cc(Br)cc(Cl)c2O)ccc1C(=O)OCCN1CCCC1. The molecular formula is C22H24BrClN2O5. The van der Waals surface area contributed by atoms with Crippen molar-refractivity contribution in [2.75, 3.05) is 31.6 Å². The maximum Gasteiger partial charge on any atom is 0.341 e. The number of esters is 2. The van der Waals surface area contributed by atoms with Crippen molar-refractivity contribution < 1.29 is 24.2 Å². The van der Waals surface area contributed by atoms with Gasteiger partial charge in [0.1, 0.15) is 23.7 Å². The zero-order chi connectivity index (χ0) is 22.4. The fourth-order valence-corrected chi connectivity index (χ4v) is 4.22. The number of rotatable bonds is 8. The van der Waals surface area contributed by atoms with Crippen molar-refractivity contribution in [2.24, 2.45) is 0 Å². The van der Waals surface area contributed by atoms with Crippen molar-refractivity contribution in [3.8, 4) is 11.5 Å². The van der Waals surface area contributed by atoms with Crippen LogP contribution < -0.4 is 10.1 Å². The molecule has 1 aliphatic rings. The predicted molar refractivity (Wildman–Crippen MR) is 122 cm³/mol. The number of aromatic hydroxyl groups is 1. The Balaban J connectivity index is 1.68. The van der Waals surface area contributed by atoms with Crippen molar-refractivity contribution in [1.29, 1.82) is 0 Å². The Hall–Kier alpha value is -2.29. The molecule has 31 heavy (non-hydrogen) atoms. The second kappa shape index (κ2) is 10.8. The highest BCUT2D eigenvalue weighted by molar-refractivity contribution is 9.10. The molecule has 0 unspecified atom stereocenters. The summed E-state index contributed by atoms with van der Waals surface area (Å²) in [4.78, 5) is 26.3. The molecule has 7 nitrogen and oxygen atoms in total. The number of hydrogen-bond acceptors (Lipinski definition) is 7. The van der Waals surface area contributed by atoms with Crippen LogP contribution in [0.3, 0.4) is 0 Å². The van der Waals surface area contributed by atoms with E-state index in [1.807, 2.05) is 0 Å². The molecule has 0 amide bonds. The van der Waals surface area contributed by atoms with E-state index in [4.69, 9.17) is 21.1 Å². The van der Waals surface area contributed by atoms with E-state index in [2.05, 4.69) is 26.1 Å². The van der Waals surface area contributed by atoms with Crippen LogP contribution in [0.5, 0.6) is 11.5 Å². The van der Waals surface area contributed by atoms with Crippen LogP contribution in [-0.2, 0) is 16.1 Å². The Bertz CT molecular complexity index is 963. The van der Waals surface area contributed by atoms with E-state index >= 15 is 0 Å². The molecule has 2 aromatic rings. The van der Waals surface area contributed by atoms with E-state index in [-0.39, 0.29) is 35.2 Å². The molecule has 0 bridgehead atoms. The van der Waals surface area contributed by atoms with Gasteiger partial charge in [0.2, 0.25) is 0 Å². The number of nitrogens with one attached hydrogen (secondary N) is 1. The summed E-state index contributed by atoms with van der Waals surface area (Å²) in [6, 6.07) is 8.12. The van der Waals surface area contributed by atoms with Gasteiger partial charge in [-0.25, -0.2) is 4.79 Å². The van der Waals surface area contributed by atoms with Gasteiger partial charge in [0, 0.05) is 41.8 Å². The number of ether oxygens (including phenoxy) is 2. The van der Waals surface area contributed by atoms with Gasteiger partial charge in [-0.15, -0.1) is 0 Å².